The van der Waals surface area contributed by atoms with E-state index in [1.165, 1.54) is 4.90 Å². The van der Waals surface area contributed by atoms with E-state index >= 15 is 0 Å². The third kappa shape index (κ3) is 4.67. The maximum Gasteiger partial charge on any atom is 0.244 e. The number of nitrogens with one attached hydrogen (secondary N) is 1. The normalized spacial score (nSPS) is 13.2. The molecule has 1 aliphatic rings. The Morgan fingerprint density at radius 3 is 2.50 bits per heavy atom. The molecule has 162 valence electrons. The fourth-order valence-electron chi connectivity index (χ4n) is 3.73. The molecule has 0 fully saturated rings. The van der Waals surface area contributed by atoms with Gasteiger partial charge in [0.05, 0.1) is 19.2 Å². The number of methoxy groups -OCH3 is 1. The molecule has 2 heterocycles. The summed E-state index contributed by atoms with van der Waals surface area (Å²) in [5.74, 6) is 0.554. The summed E-state index contributed by atoms with van der Waals surface area (Å²) in [5, 5.41) is 2.89. The van der Waals surface area contributed by atoms with Gasteiger partial charge in [0.1, 0.15) is 18.0 Å². The number of nitrogens with zero attached hydrogens (tertiary/aromatic N) is 3. The molecule has 0 unspecified atom stereocenters. The van der Waals surface area contributed by atoms with E-state index in [9.17, 15) is 9.59 Å². The van der Waals surface area contributed by atoms with Crippen molar-refractivity contribution in [3.63, 3.8) is 0 Å². The molecule has 1 N–H and O–H groups in total. The first-order valence-electron chi connectivity index (χ1n) is 10.3. The van der Waals surface area contributed by atoms with Crippen molar-refractivity contribution in [1.29, 1.82) is 0 Å². The fraction of sp³-hybridized carbons (Fsp3) is 0.200. The number of aromatic nitrogens is 1. The molecule has 3 aromatic rings. The summed E-state index contributed by atoms with van der Waals surface area (Å²) >= 11 is 0. The predicted octanol–water partition coefficient (Wildman–Crippen LogP) is 4.20. The zero-order valence-electron chi connectivity index (χ0n) is 18.3. The highest BCUT2D eigenvalue weighted by atomic mass is 16.5. The Labute approximate surface area is 186 Å². The molecule has 2 aromatic carbocycles. The van der Waals surface area contributed by atoms with Gasteiger partial charge < -0.3 is 10.1 Å². The van der Waals surface area contributed by atoms with Crippen LogP contribution in [0.3, 0.4) is 0 Å². The smallest absolute Gasteiger partial charge is 0.244 e. The van der Waals surface area contributed by atoms with Crippen molar-refractivity contribution in [2.75, 3.05) is 23.9 Å². The maximum atomic E-state index is 13.2. The Kier molecular flexibility index (Phi) is 5.98. The van der Waals surface area contributed by atoms with E-state index < -0.39 is 0 Å². The van der Waals surface area contributed by atoms with Gasteiger partial charge in [-0.15, -0.1) is 0 Å². The minimum absolute atomic E-state index is 0.0551. The lowest BCUT2D eigenvalue weighted by Crippen LogP contribution is -2.39. The number of ether oxygens (including phenoxy) is 1. The second kappa shape index (κ2) is 9.01. The Hall–Kier alpha value is -4.00. The van der Waals surface area contributed by atoms with Gasteiger partial charge in [-0.05, 0) is 79.1 Å². The van der Waals surface area contributed by atoms with Crippen LogP contribution in [-0.2, 0) is 9.59 Å². The highest BCUT2D eigenvalue weighted by Crippen LogP contribution is 2.31. The minimum atomic E-state index is -0.298. The van der Waals surface area contributed by atoms with Crippen LogP contribution in [0, 0.1) is 13.8 Å². The van der Waals surface area contributed by atoms with Crippen molar-refractivity contribution in [3.05, 3.63) is 77.5 Å². The average molecular weight is 428 g/mol. The van der Waals surface area contributed by atoms with Crippen LogP contribution in [-0.4, -0.2) is 36.2 Å². The Balaban J connectivity index is 1.59. The molecule has 7 heteroatoms. The fourth-order valence-corrected chi connectivity index (χ4v) is 3.73. The number of carbonyl (C=O) groups excluding carboxylic acids is 2. The number of aliphatic imine (C=N–C) groups is 1. The van der Waals surface area contributed by atoms with Gasteiger partial charge >= 0.3 is 0 Å². The van der Waals surface area contributed by atoms with Gasteiger partial charge in [-0.1, -0.05) is 6.07 Å². The van der Waals surface area contributed by atoms with Crippen LogP contribution in [0.5, 0.6) is 5.75 Å². The van der Waals surface area contributed by atoms with Gasteiger partial charge in [0.2, 0.25) is 11.8 Å². The molecular formula is C25H24N4O3. The number of pyridine rings is 1. The summed E-state index contributed by atoms with van der Waals surface area (Å²) in [6, 6.07) is 16.8. The van der Waals surface area contributed by atoms with E-state index in [0.717, 1.165) is 22.4 Å². The molecule has 0 spiro atoms. The summed E-state index contributed by atoms with van der Waals surface area (Å²) < 4.78 is 5.21. The predicted molar refractivity (Wildman–Crippen MR) is 125 cm³/mol. The maximum absolute atomic E-state index is 13.2. The number of benzene rings is 2. The van der Waals surface area contributed by atoms with Crippen LogP contribution in [0.25, 0.3) is 0 Å². The molecule has 1 aromatic heterocycles. The second-order valence-electron chi connectivity index (χ2n) is 7.71. The summed E-state index contributed by atoms with van der Waals surface area (Å²) in [7, 11) is 1.60. The zero-order chi connectivity index (χ0) is 22.7. The third-order valence-electron chi connectivity index (χ3n) is 5.13. The van der Waals surface area contributed by atoms with Crippen molar-refractivity contribution >= 4 is 34.7 Å². The van der Waals surface area contributed by atoms with E-state index in [1.807, 2.05) is 56.3 Å². The van der Waals surface area contributed by atoms with E-state index in [-0.39, 0.29) is 24.8 Å². The molecule has 0 aliphatic carbocycles. The molecule has 2 amide bonds. The molecule has 1 aliphatic heterocycles. The quantitative estimate of drug-likeness (QED) is 0.660. The van der Waals surface area contributed by atoms with Crippen molar-refractivity contribution < 1.29 is 14.3 Å². The van der Waals surface area contributed by atoms with Crippen LogP contribution >= 0.6 is 0 Å². The van der Waals surface area contributed by atoms with Crippen LogP contribution in [0.15, 0.2) is 65.8 Å². The van der Waals surface area contributed by atoms with E-state index in [0.29, 0.717) is 22.9 Å². The second-order valence-corrected chi connectivity index (χ2v) is 7.71. The first-order chi connectivity index (χ1) is 15.4. The van der Waals surface area contributed by atoms with Gasteiger partial charge in [0.25, 0.3) is 0 Å². The highest BCUT2D eigenvalue weighted by Gasteiger charge is 2.27. The number of amides is 2. The lowest BCUT2D eigenvalue weighted by Gasteiger charge is -2.20. The largest absolute Gasteiger partial charge is 0.497 e. The first-order valence-corrected chi connectivity index (χ1v) is 10.3. The lowest BCUT2D eigenvalue weighted by atomic mass is 10.1. The van der Waals surface area contributed by atoms with Gasteiger partial charge in [-0.25, -0.2) is 9.98 Å². The number of hydrogen-bond acceptors (Lipinski definition) is 5. The molecule has 0 atom stereocenters. The van der Waals surface area contributed by atoms with Crippen molar-refractivity contribution in [1.82, 2.24) is 4.98 Å². The third-order valence-corrected chi connectivity index (χ3v) is 5.13. The summed E-state index contributed by atoms with van der Waals surface area (Å²) in [6.07, 6.45) is 1.65. The minimum Gasteiger partial charge on any atom is -0.497 e. The number of carbonyl (C=O) groups is 2. The van der Waals surface area contributed by atoms with Crippen molar-refractivity contribution in [2.45, 2.75) is 20.3 Å². The molecule has 0 bridgehead atoms. The molecule has 4 rings (SSSR count). The van der Waals surface area contributed by atoms with Gasteiger partial charge in [0, 0.05) is 11.9 Å². The molecular weight excluding hydrogens is 404 g/mol. The summed E-state index contributed by atoms with van der Waals surface area (Å²) in [4.78, 5) is 36.4. The Morgan fingerprint density at radius 1 is 1.09 bits per heavy atom. The van der Waals surface area contributed by atoms with E-state index in [1.54, 1.807) is 25.4 Å². The first kappa shape index (κ1) is 21.2. The molecule has 0 radical (unpaired) electrons. The van der Waals surface area contributed by atoms with Gasteiger partial charge in [-0.3, -0.25) is 14.5 Å². The molecule has 0 saturated heterocycles. The summed E-state index contributed by atoms with van der Waals surface area (Å²) in [6.45, 7) is 3.79. The lowest BCUT2D eigenvalue weighted by molar-refractivity contribution is -0.120. The van der Waals surface area contributed by atoms with Crippen LogP contribution in [0.4, 0.5) is 17.2 Å². The molecule has 7 nitrogen and oxygen atoms in total. The highest BCUT2D eigenvalue weighted by molar-refractivity contribution is 6.18. The Morgan fingerprint density at radius 2 is 1.81 bits per heavy atom. The Bertz CT molecular complexity index is 1180. The molecule has 32 heavy (non-hydrogen) atoms. The van der Waals surface area contributed by atoms with E-state index in [2.05, 4.69) is 10.3 Å². The number of rotatable bonds is 5. The van der Waals surface area contributed by atoms with Crippen LogP contribution in [0.1, 0.15) is 23.1 Å². The standard InChI is InChI=1S/C25H24N4O3/c1-16-11-17(2)13-19(12-16)27-23(30)15-29-24(31)14-22(18-6-8-20(32-3)9-7-18)28-21-5-4-10-26-25(21)29/h4-13H,14-15H2,1-3H3,(H,27,30). The average Bonchev–Trinajstić information content (AvgIpc) is 2.90. The van der Waals surface area contributed by atoms with Crippen LogP contribution in [0.2, 0.25) is 0 Å². The topological polar surface area (TPSA) is 83.9 Å². The number of hydrogen-bond donors (Lipinski definition) is 1. The number of aryl methyl sites for hydroxylation is 2. The zero-order valence-corrected chi connectivity index (χ0v) is 18.3. The molecule has 0 saturated carbocycles. The SMILES string of the molecule is COc1ccc(C2=Nc3cccnc3N(CC(=O)Nc3cc(C)cc(C)c3)C(=O)C2)cc1. The van der Waals surface area contributed by atoms with Crippen LogP contribution < -0.4 is 15.0 Å². The van der Waals surface area contributed by atoms with Crippen molar-refractivity contribution in [2.24, 2.45) is 4.99 Å². The summed E-state index contributed by atoms with van der Waals surface area (Å²) in [5.41, 5.74) is 4.78. The van der Waals surface area contributed by atoms with Crippen molar-refractivity contribution in [3.8, 4) is 5.75 Å². The van der Waals surface area contributed by atoms with E-state index in [4.69, 9.17) is 9.73 Å². The van der Waals surface area contributed by atoms with Gasteiger partial charge in [0.15, 0.2) is 5.82 Å². The van der Waals surface area contributed by atoms with Gasteiger partial charge in [-0.2, -0.15) is 0 Å². The number of anilines is 2. The number of fused-ring (bicyclic) bond motifs is 1. The monoisotopic (exact) mass is 428 g/mol.